The molecule has 1 aliphatic rings. The van der Waals surface area contributed by atoms with Crippen molar-refractivity contribution in [2.45, 2.75) is 22.1 Å². The van der Waals surface area contributed by atoms with Crippen LogP contribution in [0.2, 0.25) is 0 Å². The predicted molar refractivity (Wildman–Crippen MR) is 136 cm³/mol. The van der Waals surface area contributed by atoms with Crippen LogP contribution in [0.3, 0.4) is 0 Å². The van der Waals surface area contributed by atoms with E-state index in [1.807, 2.05) is 0 Å². The summed E-state index contributed by atoms with van der Waals surface area (Å²) in [5, 5.41) is 2.58. The number of rotatable bonds is 6. The minimum absolute atomic E-state index is 0.161. The summed E-state index contributed by atoms with van der Waals surface area (Å²) in [4.78, 5) is 29.4. The number of benzene rings is 2. The Morgan fingerprint density at radius 1 is 0.950 bits per heavy atom. The Bertz CT molecular complexity index is 1400. The average Bonchev–Trinajstić information content (AvgIpc) is 2.92. The number of morpholine rings is 1. The van der Waals surface area contributed by atoms with Crippen LogP contribution in [0.1, 0.15) is 27.0 Å². The molecular formula is C27H21F6N3O3S. The Morgan fingerprint density at radius 2 is 1.68 bits per heavy atom. The smallest absolute Gasteiger partial charge is 0.378 e. The molecule has 0 spiro atoms. The molecule has 0 atom stereocenters. The lowest BCUT2D eigenvalue weighted by atomic mass is 9.99. The van der Waals surface area contributed by atoms with Crippen LogP contribution < -0.4 is 5.32 Å². The summed E-state index contributed by atoms with van der Waals surface area (Å²) in [6, 6.07) is 10.6. The lowest BCUT2D eigenvalue weighted by Crippen LogP contribution is -2.39. The normalized spacial score (nSPS) is 14.4. The van der Waals surface area contributed by atoms with E-state index in [0.717, 1.165) is 24.3 Å². The van der Waals surface area contributed by atoms with Gasteiger partial charge in [0.15, 0.2) is 0 Å². The summed E-state index contributed by atoms with van der Waals surface area (Å²) in [5.41, 5.74) is -4.08. The highest BCUT2D eigenvalue weighted by molar-refractivity contribution is 7.99. The first-order valence-electron chi connectivity index (χ1n) is 11.8. The maximum Gasteiger partial charge on any atom is 0.418 e. The average molecular weight is 582 g/mol. The summed E-state index contributed by atoms with van der Waals surface area (Å²) < 4.78 is 89.9. The van der Waals surface area contributed by atoms with Gasteiger partial charge in [-0.05, 0) is 48.0 Å². The first-order chi connectivity index (χ1) is 18.9. The fourth-order valence-electron chi connectivity index (χ4n) is 3.93. The van der Waals surface area contributed by atoms with Crippen molar-refractivity contribution in [3.63, 3.8) is 0 Å². The molecule has 2 amide bonds. The first-order valence-corrected chi connectivity index (χ1v) is 12.6. The maximum absolute atomic E-state index is 14.2. The van der Waals surface area contributed by atoms with Gasteiger partial charge in [-0.15, -0.1) is 0 Å². The van der Waals surface area contributed by atoms with Gasteiger partial charge in [0.2, 0.25) is 5.91 Å². The topological polar surface area (TPSA) is 71.5 Å². The van der Waals surface area contributed by atoms with E-state index in [2.05, 4.69) is 10.3 Å². The molecule has 3 aromatic rings. The van der Waals surface area contributed by atoms with Crippen molar-refractivity contribution in [1.29, 1.82) is 0 Å². The summed E-state index contributed by atoms with van der Waals surface area (Å²) in [6.07, 6.45) is -6.35. The number of hydrogen-bond acceptors (Lipinski definition) is 5. The molecule has 0 radical (unpaired) electrons. The zero-order chi connectivity index (χ0) is 28.9. The standard InChI is InChI=1S/C27H21F6N3O3S/c28-26(29,30)23-17(7-9-22(37)36-11-13-39-14-12-36)6-8-21(24(23)27(31,32)33)40-20-5-1-4-19(15-20)35-25(38)18-3-2-10-34-16-18/h1-10,15-16H,11-14H2,(H,35,38). The molecule has 13 heteroatoms. The number of anilines is 1. The van der Waals surface area contributed by atoms with E-state index >= 15 is 0 Å². The lowest BCUT2D eigenvalue weighted by molar-refractivity contribution is -0.163. The Hall–Kier alpha value is -3.84. The quantitative estimate of drug-likeness (QED) is 0.270. The van der Waals surface area contributed by atoms with Gasteiger partial charge in [-0.2, -0.15) is 26.3 Å². The number of nitrogens with one attached hydrogen (secondary N) is 1. The molecule has 1 saturated heterocycles. The van der Waals surface area contributed by atoms with Crippen LogP contribution in [-0.2, 0) is 21.9 Å². The van der Waals surface area contributed by atoms with Gasteiger partial charge in [0.1, 0.15) is 0 Å². The molecule has 0 aliphatic carbocycles. The molecule has 40 heavy (non-hydrogen) atoms. The largest absolute Gasteiger partial charge is 0.418 e. The molecule has 1 fully saturated rings. The van der Waals surface area contributed by atoms with Crippen LogP contribution in [0.4, 0.5) is 32.0 Å². The monoisotopic (exact) mass is 581 g/mol. The van der Waals surface area contributed by atoms with Gasteiger partial charge in [0.25, 0.3) is 5.91 Å². The second-order valence-corrected chi connectivity index (χ2v) is 9.61. The number of hydrogen-bond donors (Lipinski definition) is 1. The molecular weight excluding hydrogens is 560 g/mol. The molecule has 2 heterocycles. The number of aromatic nitrogens is 1. The molecule has 0 saturated carbocycles. The number of pyridine rings is 1. The van der Waals surface area contributed by atoms with Crippen LogP contribution in [0, 0.1) is 0 Å². The van der Waals surface area contributed by atoms with Crippen LogP contribution in [0.15, 0.2) is 76.8 Å². The number of carbonyl (C=O) groups excluding carboxylic acids is 2. The number of nitrogens with zero attached hydrogens (tertiary/aromatic N) is 2. The van der Waals surface area contributed by atoms with Gasteiger partial charge in [0, 0.05) is 47.0 Å². The van der Waals surface area contributed by atoms with E-state index in [1.165, 1.54) is 47.6 Å². The van der Waals surface area contributed by atoms with E-state index in [1.54, 1.807) is 6.07 Å². The van der Waals surface area contributed by atoms with Gasteiger partial charge in [0.05, 0.1) is 29.9 Å². The van der Waals surface area contributed by atoms with Gasteiger partial charge < -0.3 is 15.0 Å². The van der Waals surface area contributed by atoms with E-state index in [-0.39, 0.29) is 42.4 Å². The third-order valence-electron chi connectivity index (χ3n) is 5.74. The third-order valence-corrected chi connectivity index (χ3v) is 6.79. The Balaban J connectivity index is 1.67. The fourth-order valence-corrected chi connectivity index (χ4v) is 4.97. The molecule has 0 bridgehead atoms. The number of ether oxygens (including phenoxy) is 1. The lowest BCUT2D eigenvalue weighted by Gasteiger charge is -2.25. The Morgan fingerprint density at radius 3 is 2.33 bits per heavy atom. The maximum atomic E-state index is 14.2. The minimum atomic E-state index is -5.37. The Kier molecular flexibility index (Phi) is 8.84. The SMILES string of the molecule is O=C(Nc1cccc(Sc2ccc(C=CC(=O)N3CCOCC3)c(C(F)(F)F)c2C(F)(F)F)c1)c1cccnc1. The molecule has 1 aromatic heterocycles. The minimum Gasteiger partial charge on any atom is -0.378 e. The fraction of sp³-hybridized carbons (Fsp3) is 0.222. The molecule has 6 nitrogen and oxygen atoms in total. The second kappa shape index (κ2) is 12.1. The van der Waals surface area contributed by atoms with Crippen LogP contribution >= 0.6 is 11.8 Å². The van der Waals surface area contributed by atoms with Crippen LogP contribution in [-0.4, -0.2) is 48.0 Å². The van der Waals surface area contributed by atoms with Crippen molar-refractivity contribution in [3.05, 3.63) is 89.3 Å². The van der Waals surface area contributed by atoms with Crippen molar-refractivity contribution in [1.82, 2.24) is 9.88 Å². The summed E-state index contributed by atoms with van der Waals surface area (Å²) in [6.45, 7) is 0.957. The zero-order valence-electron chi connectivity index (χ0n) is 20.6. The van der Waals surface area contributed by atoms with Crippen molar-refractivity contribution in [2.24, 2.45) is 0 Å². The van der Waals surface area contributed by atoms with E-state index in [4.69, 9.17) is 4.74 Å². The van der Waals surface area contributed by atoms with Gasteiger partial charge >= 0.3 is 12.4 Å². The van der Waals surface area contributed by atoms with Gasteiger partial charge in [-0.25, -0.2) is 0 Å². The van der Waals surface area contributed by atoms with Crippen molar-refractivity contribution < 1.29 is 40.7 Å². The van der Waals surface area contributed by atoms with Crippen molar-refractivity contribution >= 4 is 35.3 Å². The summed E-state index contributed by atoms with van der Waals surface area (Å²) in [7, 11) is 0. The summed E-state index contributed by atoms with van der Waals surface area (Å²) >= 11 is 0.467. The molecule has 2 aromatic carbocycles. The van der Waals surface area contributed by atoms with Crippen molar-refractivity contribution in [2.75, 3.05) is 31.6 Å². The highest BCUT2D eigenvalue weighted by Gasteiger charge is 2.46. The number of alkyl halides is 6. The van der Waals surface area contributed by atoms with Crippen molar-refractivity contribution in [3.8, 4) is 0 Å². The number of halogens is 6. The first kappa shape index (κ1) is 29.2. The van der Waals surface area contributed by atoms with E-state index < -0.39 is 45.8 Å². The predicted octanol–water partition coefficient (Wildman–Crippen LogP) is 6.39. The molecule has 4 rings (SSSR count). The number of amides is 2. The Labute approximate surface area is 229 Å². The van der Waals surface area contributed by atoms with Gasteiger partial charge in [-0.3, -0.25) is 14.6 Å². The second-order valence-electron chi connectivity index (χ2n) is 8.50. The van der Waals surface area contributed by atoms with Crippen LogP contribution in [0.25, 0.3) is 6.08 Å². The number of carbonyl (C=O) groups is 2. The molecule has 210 valence electrons. The van der Waals surface area contributed by atoms with E-state index in [0.29, 0.717) is 11.8 Å². The van der Waals surface area contributed by atoms with Gasteiger partial charge in [-0.1, -0.05) is 23.9 Å². The molecule has 0 unspecified atom stereocenters. The van der Waals surface area contributed by atoms with E-state index in [9.17, 15) is 35.9 Å². The zero-order valence-corrected chi connectivity index (χ0v) is 21.4. The molecule has 1 aliphatic heterocycles. The third kappa shape index (κ3) is 7.21. The highest BCUT2D eigenvalue weighted by atomic mass is 32.2. The van der Waals surface area contributed by atoms with Crippen LogP contribution in [0.5, 0.6) is 0 Å². The highest BCUT2D eigenvalue weighted by Crippen LogP contribution is 2.48. The summed E-state index contributed by atoms with van der Waals surface area (Å²) in [5.74, 6) is -1.15. The molecule has 1 N–H and O–H groups in total.